The summed E-state index contributed by atoms with van der Waals surface area (Å²) in [6.07, 6.45) is 0. The van der Waals surface area contributed by atoms with Gasteiger partial charge in [-0.3, -0.25) is 0 Å². The van der Waals surface area contributed by atoms with Gasteiger partial charge in [0.1, 0.15) is 34.5 Å². The summed E-state index contributed by atoms with van der Waals surface area (Å²) in [5, 5.41) is 59.3. The van der Waals surface area contributed by atoms with Crippen LogP contribution in [0, 0.1) is 0 Å². The van der Waals surface area contributed by atoms with Crippen molar-refractivity contribution in [3.8, 4) is 68.7 Å². The summed E-state index contributed by atoms with van der Waals surface area (Å²) in [6, 6.07) is 11.6. The molecule has 4 rings (SSSR count). The molecule has 9 heteroatoms. The van der Waals surface area contributed by atoms with Crippen LogP contribution in [0.25, 0.3) is 34.2 Å². The maximum absolute atomic E-state index is 10.2. The van der Waals surface area contributed by atoms with Gasteiger partial charge in [0.15, 0.2) is 17.5 Å². The smallest absolute Gasteiger partial charge is 0.167 e. The zero-order valence-electron chi connectivity index (χ0n) is 17.2. The van der Waals surface area contributed by atoms with E-state index in [-0.39, 0.29) is 68.7 Å². The quantitative estimate of drug-likeness (QED) is 0.278. The minimum Gasteiger partial charge on any atom is -0.508 e. The Morgan fingerprint density at radius 3 is 0.906 bits per heavy atom. The number of nitrogens with zero attached hydrogens (tertiary/aromatic N) is 3. The number of hydrogen-bond donors (Lipinski definition) is 6. The fourth-order valence-corrected chi connectivity index (χ4v) is 2.86. The highest BCUT2D eigenvalue weighted by molar-refractivity contribution is 5.74. The average molecular weight is 435 g/mol. The fraction of sp³-hybridized carbons (Fsp3) is 0.0870. The van der Waals surface area contributed by atoms with Gasteiger partial charge in [0.2, 0.25) is 0 Å². The van der Waals surface area contributed by atoms with Crippen LogP contribution in [0.2, 0.25) is 0 Å². The highest BCUT2D eigenvalue weighted by atomic mass is 16.3. The van der Waals surface area contributed by atoms with E-state index in [1.807, 2.05) is 13.8 Å². The summed E-state index contributed by atoms with van der Waals surface area (Å²) in [7, 11) is 0. The van der Waals surface area contributed by atoms with E-state index < -0.39 is 0 Å². The van der Waals surface area contributed by atoms with Crippen LogP contribution in [0.3, 0.4) is 0 Å². The zero-order valence-corrected chi connectivity index (χ0v) is 17.2. The van der Waals surface area contributed by atoms with Gasteiger partial charge in [0.25, 0.3) is 0 Å². The molecule has 1 heterocycles. The van der Waals surface area contributed by atoms with E-state index in [2.05, 4.69) is 15.0 Å². The summed E-state index contributed by atoms with van der Waals surface area (Å²) in [6.45, 7) is 4.00. The van der Waals surface area contributed by atoms with E-state index in [1.165, 1.54) is 36.4 Å². The second-order valence-electron chi connectivity index (χ2n) is 6.41. The number of aromatic nitrogens is 3. The summed E-state index contributed by atoms with van der Waals surface area (Å²) in [4.78, 5) is 12.9. The molecule has 32 heavy (non-hydrogen) atoms. The SMILES string of the molecule is CC.Oc1ccc(-c2nc(-c3ccc(O)cc3O)nc(-c3ccc(O)cc3O)n2)c(O)c1. The lowest BCUT2D eigenvalue weighted by atomic mass is 10.1. The van der Waals surface area contributed by atoms with Crippen LogP contribution < -0.4 is 0 Å². The lowest BCUT2D eigenvalue weighted by molar-refractivity contribution is 0.451. The Bertz CT molecular complexity index is 1110. The van der Waals surface area contributed by atoms with Gasteiger partial charge in [-0.05, 0) is 36.4 Å². The molecule has 0 amide bonds. The van der Waals surface area contributed by atoms with Crippen LogP contribution in [0.1, 0.15) is 13.8 Å². The molecule has 9 nitrogen and oxygen atoms in total. The average Bonchev–Trinajstić information content (AvgIpc) is 2.75. The summed E-state index contributed by atoms with van der Waals surface area (Å²) in [5.74, 6) is -1.31. The van der Waals surface area contributed by atoms with Crippen LogP contribution in [-0.4, -0.2) is 45.6 Å². The van der Waals surface area contributed by atoms with Gasteiger partial charge in [0, 0.05) is 18.2 Å². The van der Waals surface area contributed by atoms with E-state index in [0.717, 1.165) is 18.2 Å². The van der Waals surface area contributed by atoms with Gasteiger partial charge in [0.05, 0.1) is 16.7 Å². The molecular formula is C23H21N3O6. The van der Waals surface area contributed by atoms with Crippen molar-refractivity contribution < 1.29 is 30.6 Å². The Hall–Kier alpha value is -4.53. The molecule has 3 aromatic carbocycles. The third-order valence-corrected chi connectivity index (χ3v) is 4.30. The standard InChI is InChI=1S/C21H15N3O6.C2H6/c25-10-1-4-13(16(28)7-10)19-22-20(14-5-2-11(26)8-17(14)29)24-21(23-19)15-6-3-12(27)9-18(15)30;1-2/h1-9,25-30H;1-2H3. The zero-order chi connectivity index (χ0) is 23.4. The van der Waals surface area contributed by atoms with Crippen LogP contribution in [0.5, 0.6) is 34.5 Å². The number of phenolic OH excluding ortho intramolecular Hbond substituents is 6. The monoisotopic (exact) mass is 435 g/mol. The summed E-state index contributed by atoms with van der Waals surface area (Å²) >= 11 is 0. The maximum Gasteiger partial charge on any atom is 0.167 e. The van der Waals surface area contributed by atoms with E-state index in [4.69, 9.17) is 0 Å². The molecule has 0 unspecified atom stereocenters. The van der Waals surface area contributed by atoms with Gasteiger partial charge >= 0.3 is 0 Å². The van der Waals surface area contributed by atoms with Crippen LogP contribution >= 0.6 is 0 Å². The van der Waals surface area contributed by atoms with Crippen molar-refractivity contribution in [1.29, 1.82) is 0 Å². The molecular weight excluding hydrogens is 414 g/mol. The lowest BCUT2D eigenvalue weighted by Gasteiger charge is -2.11. The second kappa shape index (κ2) is 9.09. The highest BCUT2D eigenvalue weighted by Gasteiger charge is 2.18. The lowest BCUT2D eigenvalue weighted by Crippen LogP contribution is -2.00. The van der Waals surface area contributed by atoms with Crippen molar-refractivity contribution >= 4 is 0 Å². The first-order chi connectivity index (χ1) is 15.3. The van der Waals surface area contributed by atoms with Gasteiger partial charge in [-0.15, -0.1) is 0 Å². The van der Waals surface area contributed by atoms with Crippen molar-refractivity contribution in [2.24, 2.45) is 0 Å². The van der Waals surface area contributed by atoms with Crippen LogP contribution in [0.15, 0.2) is 54.6 Å². The molecule has 0 aliphatic carbocycles. The fourth-order valence-electron chi connectivity index (χ4n) is 2.86. The predicted octanol–water partition coefficient (Wildman–Crippen LogP) is 4.13. The number of aromatic hydroxyl groups is 6. The number of phenols is 6. The molecule has 0 fully saturated rings. The molecule has 0 radical (unpaired) electrons. The van der Waals surface area contributed by atoms with Crippen molar-refractivity contribution in [2.45, 2.75) is 13.8 Å². The molecule has 0 bridgehead atoms. The number of hydrogen-bond acceptors (Lipinski definition) is 9. The van der Waals surface area contributed by atoms with E-state index >= 15 is 0 Å². The Morgan fingerprint density at radius 1 is 0.438 bits per heavy atom. The molecule has 4 aromatic rings. The number of benzene rings is 3. The summed E-state index contributed by atoms with van der Waals surface area (Å²) < 4.78 is 0. The minimum absolute atomic E-state index is 0.00690. The molecule has 0 aliphatic heterocycles. The molecule has 1 aromatic heterocycles. The van der Waals surface area contributed by atoms with Crippen molar-refractivity contribution in [3.05, 3.63) is 54.6 Å². The Morgan fingerprint density at radius 2 is 0.688 bits per heavy atom. The van der Waals surface area contributed by atoms with Crippen LogP contribution in [0.4, 0.5) is 0 Å². The first-order valence-corrected chi connectivity index (χ1v) is 9.65. The molecule has 0 spiro atoms. The van der Waals surface area contributed by atoms with Crippen molar-refractivity contribution in [2.75, 3.05) is 0 Å². The molecule has 164 valence electrons. The van der Waals surface area contributed by atoms with E-state index in [9.17, 15) is 30.6 Å². The Balaban J connectivity index is 0.00000141. The van der Waals surface area contributed by atoms with E-state index in [0.29, 0.717) is 0 Å². The van der Waals surface area contributed by atoms with Crippen molar-refractivity contribution in [1.82, 2.24) is 15.0 Å². The maximum atomic E-state index is 10.2. The molecule has 0 aliphatic rings. The van der Waals surface area contributed by atoms with Gasteiger partial charge < -0.3 is 30.6 Å². The second-order valence-corrected chi connectivity index (χ2v) is 6.41. The third kappa shape index (κ3) is 4.46. The van der Waals surface area contributed by atoms with Crippen molar-refractivity contribution in [3.63, 3.8) is 0 Å². The minimum atomic E-state index is -0.289. The Labute approximate surface area is 183 Å². The normalized spacial score (nSPS) is 10.3. The first kappa shape index (κ1) is 22.2. The van der Waals surface area contributed by atoms with Gasteiger partial charge in [-0.1, -0.05) is 13.8 Å². The molecule has 0 saturated carbocycles. The third-order valence-electron chi connectivity index (χ3n) is 4.30. The van der Waals surface area contributed by atoms with Gasteiger partial charge in [-0.25, -0.2) is 15.0 Å². The molecule has 6 N–H and O–H groups in total. The molecule has 0 saturated heterocycles. The largest absolute Gasteiger partial charge is 0.508 e. The first-order valence-electron chi connectivity index (χ1n) is 9.65. The van der Waals surface area contributed by atoms with E-state index in [1.54, 1.807) is 0 Å². The molecule has 0 atom stereocenters. The highest BCUT2D eigenvalue weighted by Crippen LogP contribution is 2.37. The van der Waals surface area contributed by atoms with Crippen LogP contribution in [-0.2, 0) is 0 Å². The van der Waals surface area contributed by atoms with Gasteiger partial charge in [-0.2, -0.15) is 0 Å². The number of rotatable bonds is 3. The Kier molecular flexibility index (Phi) is 6.29. The predicted molar refractivity (Wildman–Crippen MR) is 117 cm³/mol. The summed E-state index contributed by atoms with van der Waals surface area (Å²) in [5.41, 5.74) is 0.526. The topological polar surface area (TPSA) is 160 Å².